The maximum atomic E-state index is 12.9. The van der Waals surface area contributed by atoms with E-state index in [1.807, 2.05) is 30.3 Å². The normalized spacial score (nSPS) is 10.5. The lowest BCUT2D eigenvalue weighted by Gasteiger charge is -2.00. The molecule has 0 amide bonds. The molecule has 0 saturated heterocycles. The number of nitrogens with one attached hydrogen (secondary N) is 1. The lowest BCUT2D eigenvalue weighted by molar-refractivity contribution is 0.415. The second-order valence-corrected chi connectivity index (χ2v) is 4.40. The van der Waals surface area contributed by atoms with Crippen LogP contribution < -0.4 is 4.74 Å². The molecule has 20 heavy (non-hydrogen) atoms. The second-order valence-electron chi connectivity index (χ2n) is 4.40. The largest absolute Gasteiger partial charge is 0.497 e. The van der Waals surface area contributed by atoms with E-state index >= 15 is 0 Å². The van der Waals surface area contributed by atoms with Crippen molar-refractivity contribution in [2.45, 2.75) is 0 Å². The summed E-state index contributed by atoms with van der Waals surface area (Å²) in [6.45, 7) is 0. The van der Waals surface area contributed by atoms with E-state index in [-0.39, 0.29) is 5.82 Å². The van der Waals surface area contributed by atoms with Crippen LogP contribution in [-0.2, 0) is 0 Å². The van der Waals surface area contributed by atoms with Crippen LogP contribution in [-0.4, -0.2) is 17.3 Å². The van der Waals surface area contributed by atoms with Gasteiger partial charge in [0.05, 0.1) is 18.5 Å². The van der Waals surface area contributed by atoms with Gasteiger partial charge in [-0.15, -0.1) is 0 Å². The van der Waals surface area contributed by atoms with Gasteiger partial charge in [0.2, 0.25) is 0 Å². The molecule has 0 atom stereocenters. The van der Waals surface area contributed by atoms with Gasteiger partial charge >= 0.3 is 0 Å². The van der Waals surface area contributed by atoms with E-state index in [0.29, 0.717) is 0 Å². The monoisotopic (exact) mass is 268 g/mol. The SMILES string of the molecule is COc1ccc(-c2cc(-c3ccc(F)cc3)n[nH]2)cc1. The Balaban J connectivity index is 1.91. The summed E-state index contributed by atoms with van der Waals surface area (Å²) >= 11 is 0. The highest BCUT2D eigenvalue weighted by Gasteiger charge is 2.06. The highest BCUT2D eigenvalue weighted by molar-refractivity contribution is 5.68. The van der Waals surface area contributed by atoms with Gasteiger partial charge in [0, 0.05) is 5.56 Å². The molecule has 1 N–H and O–H groups in total. The molecule has 100 valence electrons. The molecule has 0 spiro atoms. The van der Waals surface area contributed by atoms with Crippen LogP contribution in [0.5, 0.6) is 5.75 Å². The first-order valence-electron chi connectivity index (χ1n) is 6.22. The van der Waals surface area contributed by atoms with E-state index in [2.05, 4.69) is 10.2 Å². The van der Waals surface area contributed by atoms with Gasteiger partial charge in [0.25, 0.3) is 0 Å². The zero-order valence-electron chi connectivity index (χ0n) is 10.9. The quantitative estimate of drug-likeness (QED) is 0.782. The van der Waals surface area contributed by atoms with Crippen LogP contribution >= 0.6 is 0 Å². The van der Waals surface area contributed by atoms with Gasteiger partial charge in [-0.1, -0.05) is 0 Å². The third-order valence-corrected chi connectivity index (χ3v) is 3.12. The van der Waals surface area contributed by atoms with Crippen molar-refractivity contribution in [3.63, 3.8) is 0 Å². The Morgan fingerprint density at radius 3 is 2.25 bits per heavy atom. The number of methoxy groups -OCH3 is 1. The molecular formula is C16H13FN2O. The van der Waals surface area contributed by atoms with Crippen molar-refractivity contribution in [3.05, 3.63) is 60.4 Å². The van der Waals surface area contributed by atoms with Crippen LogP contribution in [0.3, 0.4) is 0 Å². The molecule has 0 aliphatic rings. The number of nitrogens with zero attached hydrogens (tertiary/aromatic N) is 1. The van der Waals surface area contributed by atoms with Gasteiger partial charge in [0.15, 0.2) is 0 Å². The first kappa shape index (κ1) is 12.4. The van der Waals surface area contributed by atoms with Crippen molar-refractivity contribution in [2.75, 3.05) is 7.11 Å². The highest BCUT2D eigenvalue weighted by Crippen LogP contribution is 2.25. The first-order chi connectivity index (χ1) is 9.76. The van der Waals surface area contributed by atoms with E-state index in [0.717, 1.165) is 28.3 Å². The fraction of sp³-hybridized carbons (Fsp3) is 0.0625. The van der Waals surface area contributed by atoms with Crippen LogP contribution in [0.1, 0.15) is 0 Å². The summed E-state index contributed by atoms with van der Waals surface area (Å²) in [4.78, 5) is 0. The summed E-state index contributed by atoms with van der Waals surface area (Å²) in [7, 11) is 1.64. The second kappa shape index (κ2) is 5.17. The van der Waals surface area contributed by atoms with E-state index in [1.54, 1.807) is 19.2 Å². The third-order valence-electron chi connectivity index (χ3n) is 3.12. The molecular weight excluding hydrogens is 255 g/mol. The molecule has 1 heterocycles. The maximum absolute atomic E-state index is 12.9. The maximum Gasteiger partial charge on any atom is 0.123 e. The van der Waals surface area contributed by atoms with Crippen molar-refractivity contribution in [2.24, 2.45) is 0 Å². The number of hydrogen-bond acceptors (Lipinski definition) is 2. The van der Waals surface area contributed by atoms with Gasteiger partial charge in [-0.2, -0.15) is 5.10 Å². The van der Waals surface area contributed by atoms with Crippen LogP contribution in [0.4, 0.5) is 4.39 Å². The van der Waals surface area contributed by atoms with Crippen molar-refractivity contribution in [1.29, 1.82) is 0 Å². The molecule has 0 radical (unpaired) electrons. The number of hydrogen-bond donors (Lipinski definition) is 1. The minimum Gasteiger partial charge on any atom is -0.497 e. The molecule has 0 bridgehead atoms. The number of benzene rings is 2. The first-order valence-corrected chi connectivity index (χ1v) is 6.22. The molecule has 2 aromatic carbocycles. The number of ether oxygens (including phenoxy) is 1. The molecule has 3 rings (SSSR count). The van der Waals surface area contributed by atoms with E-state index in [4.69, 9.17) is 4.74 Å². The lowest BCUT2D eigenvalue weighted by Crippen LogP contribution is -1.82. The van der Waals surface area contributed by atoms with Crippen molar-refractivity contribution in [1.82, 2.24) is 10.2 Å². The Morgan fingerprint density at radius 1 is 0.950 bits per heavy atom. The summed E-state index contributed by atoms with van der Waals surface area (Å²) in [5.41, 5.74) is 3.59. The van der Waals surface area contributed by atoms with Gasteiger partial charge in [-0.3, -0.25) is 5.10 Å². The fourth-order valence-electron chi connectivity index (χ4n) is 2.01. The predicted molar refractivity (Wildman–Crippen MR) is 76.0 cm³/mol. The van der Waals surface area contributed by atoms with Crippen LogP contribution in [0.2, 0.25) is 0 Å². The summed E-state index contributed by atoms with van der Waals surface area (Å²) in [5.74, 6) is 0.562. The Kier molecular flexibility index (Phi) is 3.21. The minimum absolute atomic E-state index is 0.250. The third kappa shape index (κ3) is 2.40. The van der Waals surface area contributed by atoms with Crippen LogP contribution in [0.15, 0.2) is 54.6 Å². The Morgan fingerprint density at radius 2 is 1.60 bits per heavy atom. The molecule has 0 aliphatic heterocycles. The van der Waals surface area contributed by atoms with Crippen LogP contribution in [0, 0.1) is 5.82 Å². The average Bonchev–Trinajstić information content (AvgIpc) is 2.98. The van der Waals surface area contributed by atoms with Gasteiger partial charge in [-0.05, 0) is 60.2 Å². The minimum atomic E-state index is -0.250. The smallest absolute Gasteiger partial charge is 0.123 e. The molecule has 0 unspecified atom stereocenters. The molecule has 0 fully saturated rings. The molecule has 1 aromatic heterocycles. The lowest BCUT2D eigenvalue weighted by atomic mass is 10.1. The topological polar surface area (TPSA) is 37.9 Å². The average molecular weight is 268 g/mol. The molecule has 3 nitrogen and oxygen atoms in total. The Bertz CT molecular complexity index is 702. The molecule has 0 saturated carbocycles. The van der Waals surface area contributed by atoms with Crippen molar-refractivity contribution < 1.29 is 9.13 Å². The van der Waals surface area contributed by atoms with Gasteiger partial charge < -0.3 is 4.74 Å². The number of aromatic amines is 1. The Hall–Kier alpha value is -2.62. The standard InChI is InChI=1S/C16H13FN2O/c1-20-14-8-4-12(5-9-14)16-10-15(18-19-16)11-2-6-13(17)7-3-11/h2-10H,1H3,(H,18,19). The zero-order chi connectivity index (χ0) is 13.9. The molecule has 4 heteroatoms. The van der Waals surface area contributed by atoms with Crippen LogP contribution in [0.25, 0.3) is 22.5 Å². The van der Waals surface area contributed by atoms with E-state index < -0.39 is 0 Å². The zero-order valence-corrected chi connectivity index (χ0v) is 10.9. The van der Waals surface area contributed by atoms with Gasteiger partial charge in [-0.25, -0.2) is 4.39 Å². The number of aromatic nitrogens is 2. The number of rotatable bonds is 3. The summed E-state index contributed by atoms with van der Waals surface area (Å²) in [6.07, 6.45) is 0. The molecule has 0 aliphatic carbocycles. The summed E-state index contributed by atoms with van der Waals surface area (Å²) in [5, 5.41) is 7.24. The Labute approximate surface area is 116 Å². The fourth-order valence-corrected chi connectivity index (χ4v) is 2.01. The highest BCUT2D eigenvalue weighted by atomic mass is 19.1. The van der Waals surface area contributed by atoms with Crippen molar-refractivity contribution in [3.8, 4) is 28.3 Å². The van der Waals surface area contributed by atoms with Crippen molar-refractivity contribution >= 4 is 0 Å². The number of H-pyrrole nitrogens is 1. The van der Waals surface area contributed by atoms with E-state index in [9.17, 15) is 4.39 Å². The van der Waals surface area contributed by atoms with Gasteiger partial charge in [0.1, 0.15) is 11.6 Å². The number of halogens is 1. The molecule has 3 aromatic rings. The van der Waals surface area contributed by atoms with E-state index in [1.165, 1.54) is 12.1 Å². The predicted octanol–water partition coefficient (Wildman–Crippen LogP) is 3.89. The summed E-state index contributed by atoms with van der Waals surface area (Å²) in [6, 6.07) is 15.9. The summed E-state index contributed by atoms with van der Waals surface area (Å²) < 4.78 is 18.0.